The Morgan fingerprint density at radius 3 is 1.43 bits per heavy atom. The minimum absolute atomic E-state index is 0. The first-order chi connectivity index (χ1) is 47.8. The molecule has 20 nitrogen and oxygen atoms in total. The summed E-state index contributed by atoms with van der Waals surface area (Å²) >= 11 is 1.11. The Bertz CT molecular complexity index is 4680. The molecule has 2 aromatic heterocycles. The van der Waals surface area contributed by atoms with E-state index in [1.807, 2.05) is 190 Å². The van der Waals surface area contributed by atoms with Crippen molar-refractivity contribution in [1.29, 1.82) is 0 Å². The third kappa shape index (κ3) is 11.0. The Labute approximate surface area is 581 Å². The highest BCUT2D eigenvalue weighted by atomic mass is 32.2. The minimum Gasteiger partial charge on any atom is -0.488 e. The zero-order valence-electron chi connectivity index (χ0n) is 55.0. The van der Waals surface area contributed by atoms with Crippen molar-refractivity contribution in [2.24, 2.45) is 17.8 Å². The van der Waals surface area contributed by atoms with E-state index >= 15 is 9.59 Å². The van der Waals surface area contributed by atoms with E-state index < -0.39 is 91.7 Å². The summed E-state index contributed by atoms with van der Waals surface area (Å²) in [7, 11) is 7.05. The molecule has 0 bridgehead atoms. The normalized spacial score (nSPS) is 25.4. The molecule has 3 N–H and O–H groups in total. The van der Waals surface area contributed by atoms with E-state index in [4.69, 9.17) is 32.9 Å². The smallest absolute Gasteiger partial charge is 0.265 e. The van der Waals surface area contributed by atoms with E-state index in [0.717, 1.165) is 39.6 Å². The van der Waals surface area contributed by atoms with Gasteiger partial charge in [0.1, 0.15) is 59.4 Å². The van der Waals surface area contributed by atoms with Gasteiger partial charge in [-0.3, -0.25) is 43.8 Å². The van der Waals surface area contributed by atoms with Crippen molar-refractivity contribution in [3.8, 4) is 23.3 Å². The first kappa shape index (κ1) is 68.5. The van der Waals surface area contributed by atoms with Gasteiger partial charge < -0.3 is 38.2 Å². The SMILES string of the molecule is C.CN(C)[C@@H]1c2onc(OCc3ccccc3)c2C(=O)[C@@]2(O)C(=O)C3=C(C[C@@H]12)[C@](C)(OO)c1cccc(OCc2ccccc2)c1C3=O.C[C@H]1c2cccc(OCc3ccccc3)c2C(=O)[C@@]2(Sc3ccccc3)C(=O)[C@]3(O)C(=O)c4c(OCc5ccccc5)noc4[C@@H](N(C)C)[C@@H]3C[C@@H]12. The molecule has 1 fully saturated rings. The van der Waals surface area contributed by atoms with Crippen molar-refractivity contribution < 1.29 is 77.1 Å². The third-order valence-electron chi connectivity index (χ3n) is 20.4. The summed E-state index contributed by atoms with van der Waals surface area (Å²) in [5.41, 5.74) is -2.74. The summed E-state index contributed by atoms with van der Waals surface area (Å²) in [6, 6.07) is 55.6. The number of aromatic nitrogens is 2. The number of thioether (sulfide) groups is 1. The molecule has 0 radical (unpaired) electrons. The Morgan fingerprint density at radius 1 is 0.510 bits per heavy atom. The van der Waals surface area contributed by atoms with Crippen LogP contribution in [-0.2, 0) is 46.5 Å². The first-order valence-corrected chi connectivity index (χ1v) is 33.4. The molecule has 1 saturated carbocycles. The van der Waals surface area contributed by atoms with E-state index in [2.05, 4.69) is 10.3 Å². The van der Waals surface area contributed by atoms with E-state index in [9.17, 15) is 34.6 Å². The summed E-state index contributed by atoms with van der Waals surface area (Å²) in [4.78, 5) is 98.5. The molecule has 9 aromatic rings. The molecule has 7 aromatic carbocycles. The fraction of sp³-hybridized carbons (Fsp3) is 0.291. The molecule has 512 valence electrons. The molecule has 100 heavy (non-hydrogen) atoms. The van der Waals surface area contributed by atoms with Crippen molar-refractivity contribution in [1.82, 2.24) is 20.1 Å². The maximum Gasteiger partial charge on any atom is 0.265 e. The van der Waals surface area contributed by atoms with Gasteiger partial charge in [-0.2, -0.15) is 0 Å². The van der Waals surface area contributed by atoms with Crippen LogP contribution in [0.3, 0.4) is 0 Å². The molecular formula is C79H74N4O16S. The van der Waals surface area contributed by atoms with Crippen LogP contribution in [0.15, 0.2) is 213 Å². The largest absolute Gasteiger partial charge is 0.488 e. The fourth-order valence-corrected chi connectivity index (χ4v) is 17.2. The minimum atomic E-state index is -2.68. The summed E-state index contributed by atoms with van der Waals surface area (Å²) in [6.45, 7) is 4.03. The molecule has 0 amide bonds. The molecule has 21 heteroatoms. The summed E-state index contributed by atoms with van der Waals surface area (Å²) in [5, 5.41) is 43.8. The lowest BCUT2D eigenvalue weighted by Crippen LogP contribution is -2.72. The number of nitrogens with zero attached hydrogens (tertiary/aromatic N) is 4. The van der Waals surface area contributed by atoms with Crippen LogP contribution in [0.1, 0.15) is 138 Å². The van der Waals surface area contributed by atoms with E-state index in [1.54, 1.807) is 43.3 Å². The molecule has 0 unspecified atom stereocenters. The van der Waals surface area contributed by atoms with E-state index in [1.165, 1.54) is 6.92 Å². The van der Waals surface area contributed by atoms with Crippen molar-refractivity contribution in [2.45, 2.75) is 105 Å². The third-order valence-corrected chi connectivity index (χ3v) is 21.9. The van der Waals surface area contributed by atoms with Crippen LogP contribution in [0, 0.1) is 17.8 Å². The molecule has 6 aliphatic rings. The predicted molar refractivity (Wildman–Crippen MR) is 367 cm³/mol. The van der Waals surface area contributed by atoms with Crippen LogP contribution in [0.5, 0.6) is 23.3 Å². The van der Waals surface area contributed by atoms with Crippen molar-refractivity contribution in [3.63, 3.8) is 0 Å². The number of benzene rings is 7. The maximum atomic E-state index is 15.6. The Hall–Kier alpha value is -9.97. The van der Waals surface area contributed by atoms with E-state index in [-0.39, 0.29) is 109 Å². The molecule has 0 aliphatic heterocycles. The second kappa shape index (κ2) is 26.9. The topological polar surface area (TPSA) is 268 Å². The highest BCUT2D eigenvalue weighted by Crippen LogP contribution is 2.64. The second-order valence-electron chi connectivity index (χ2n) is 26.5. The van der Waals surface area contributed by atoms with Crippen LogP contribution < -0.4 is 18.9 Å². The number of carbonyl (C=O) groups is 6. The quantitative estimate of drug-likeness (QED) is 0.0331. The predicted octanol–water partition coefficient (Wildman–Crippen LogP) is 12.6. The number of fused-ring (bicyclic) bond motifs is 7. The second-order valence-corrected chi connectivity index (χ2v) is 27.8. The lowest BCUT2D eigenvalue weighted by Gasteiger charge is -2.57. The average molecular weight is 1370 g/mol. The summed E-state index contributed by atoms with van der Waals surface area (Å²) < 4.78 is 33.9. The van der Waals surface area contributed by atoms with Gasteiger partial charge in [0, 0.05) is 22.3 Å². The molecule has 15 rings (SSSR count). The Morgan fingerprint density at radius 2 is 0.950 bits per heavy atom. The van der Waals surface area contributed by atoms with Crippen LogP contribution >= 0.6 is 11.8 Å². The number of ketones is 6. The van der Waals surface area contributed by atoms with Crippen LogP contribution in [0.2, 0.25) is 0 Å². The molecule has 2 heterocycles. The van der Waals surface area contributed by atoms with Crippen LogP contribution in [-0.4, -0.2) is 114 Å². The zero-order valence-corrected chi connectivity index (χ0v) is 55.8. The van der Waals surface area contributed by atoms with Gasteiger partial charge in [-0.1, -0.05) is 178 Å². The zero-order chi connectivity index (χ0) is 69.3. The molecule has 6 aliphatic carbocycles. The summed E-state index contributed by atoms with van der Waals surface area (Å²) in [6.07, 6.45) is 0.0162. The highest BCUT2D eigenvalue weighted by Gasteiger charge is 2.74. The van der Waals surface area contributed by atoms with Gasteiger partial charge in [0.15, 0.2) is 34.3 Å². The standard InChI is InChI=1S/C42H38N2O7S.C36H32N2O9.CH4/c1-25-29-20-13-21-32(49-23-26-14-7-4-8-15-26)33(29)38(46)42(52-28-18-11-6-12-19-28)30(25)22-31-35(44(2)3)36-34(37(45)41(31,48)40(42)47)39(43-51-36)50-24-27-16-9-5-10-17-27;1-35(47-43)22-15-10-16-25(44-18-20-11-6-4-7-12-20)26(22)30(39)27-23(35)17-24-29(38(2)3)31-28(33(41)36(24,42)32(27)40)34(37-46-31)45-19-21-13-8-5-9-14-21;/h4-21,25,30-31,35,48H,22-24H2,1-3H3;4-16,24,29,42-43H,17-19H2,1-3H3;1H4/t25-,30-,31-,35-,41+,42+;24-,29-,35+,36-;/m00./s1. The number of carbonyl (C=O) groups excluding carboxylic acids is 6. The van der Waals surface area contributed by atoms with Crippen molar-refractivity contribution in [3.05, 3.63) is 266 Å². The lowest BCUT2D eigenvalue weighted by atomic mass is 9.51. The molecule has 10 atom stereocenters. The van der Waals surface area contributed by atoms with Gasteiger partial charge in [-0.05, 0) is 128 Å². The average Bonchev–Trinajstić information content (AvgIpc) is 0.989. The summed E-state index contributed by atoms with van der Waals surface area (Å²) in [5.74, 6) is -7.38. The number of hydrogen-bond donors (Lipinski definition) is 3. The van der Waals surface area contributed by atoms with Gasteiger partial charge in [-0.15, -0.1) is 11.8 Å². The molecule has 0 saturated heterocycles. The van der Waals surface area contributed by atoms with Crippen LogP contribution in [0.25, 0.3) is 0 Å². The van der Waals surface area contributed by atoms with E-state index in [0.29, 0.717) is 16.2 Å². The maximum absolute atomic E-state index is 15.6. The number of ether oxygens (including phenoxy) is 4. The van der Waals surface area contributed by atoms with Gasteiger partial charge in [0.2, 0.25) is 23.1 Å². The Balaban J connectivity index is 0.000000178. The number of Topliss-reactive ketones (excluding diaryl/α,β-unsaturated/α-hetero) is 6. The number of rotatable bonds is 17. The fourth-order valence-electron chi connectivity index (χ4n) is 15.6. The monoisotopic (exact) mass is 1370 g/mol. The van der Waals surface area contributed by atoms with Gasteiger partial charge >= 0.3 is 0 Å². The van der Waals surface area contributed by atoms with Gasteiger partial charge in [-0.25, -0.2) is 4.89 Å². The van der Waals surface area contributed by atoms with Crippen LogP contribution in [0.4, 0.5) is 0 Å². The number of aliphatic hydroxyl groups is 2. The van der Waals surface area contributed by atoms with Crippen molar-refractivity contribution >= 4 is 46.5 Å². The Kier molecular flexibility index (Phi) is 18.5. The first-order valence-electron chi connectivity index (χ1n) is 32.6. The molecule has 0 spiro atoms. The van der Waals surface area contributed by atoms with Crippen molar-refractivity contribution in [2.75, 3.05) is 28.2 Å². The highest BCUT2D eigenvalue weighted by molar-refractivity contribution is 8.02. The lowest BCUT2D eigenvalue weighted by molar-refractivity contribution is -0.313. The molecular weight excluding hydrogens is 1290 g/mol. The van der Waals surface area contributed by atoms with Gasteiger partial charge in [0.25, 0.3) is 11.8 Å². The number of hydrogen-bond acceptors (Lipinski definition) is 21. The van der Waals surface area contributed by atoms with Gasteiger partial charge in [0.05, 0.1) is 28.8 Å².